The molecule has 38 heavy (non-hydrogen) atoms. The standard InChI is InChI=1S/C31H36N6O/c1-6-32-30-25(4)33-22-34-31(30)36-17-15-35(16-18-36)29(38)21-37(26(5)27-12-8-7-9-13-27)20-24(3)28-14-10-11-23(2)19-28/h6-14,19-20,22H,5,15-18,21H2,1-4H3/b24-20+,32-6?. The van der Waals surface area contributed by atoms with Gasteiger partial charge in [0.25, 0.3) is 0 Å². The summed E-state index contributed by atoms with van der Waals surface area (Å²) in [6.07, 6.45) is 5.37. The Hall–Kier alpha value is -4.26. The van der Waals surface area contributed by atoms with E-state index in [2.05, 4.69) is 64.6 Å². The molecule has 1 aliphatic rings. The SMILES string of the molecule is C=C(c1ccccc1)N(/C=C(\C)c1cccc(C)c1)CC(=O)N1CCN(c2ncnc(C)c2N=CC)CC1. The van der Waals surface area contributed by atoms with Gasteiger partial charge in [0, 0.05) is 44.3 Å². The van der Waals surface area contributed by atoms with E-state index in [9.17, 15) is 4.79 Å². The highest BCUT2D eigenvalue weighted by Crippen LogP contribution is 2.29. The number of rotatable bonds is 8. The normalized spacial score (nSPS) is 14.2. The van der Waals surface area contributed by atoms with Crippen LogP contribution in [0.15, 0.2) is 78.7 Å². The van der Waals surface area contributed by atoms with Gasteiger partial charge in [0.1, 0.15) is 18.6 Å². The Bertz CT molecular complexity index is 1340. The number of aryl methyl sites for hydroxylation is 2. The zero-order valence-corrected chi connectivity index (χ0v) is 22.8. The molecule has 2 heterocycles. The van der Waals surface area contributed by atoms with Crippen LogP contribution < -0.4 is 4.90 Å². The Morgan fingerprint density at radius 3 is 2.42 bits per heavy atom. The third-order valence-electron chi connectivity index (χ3n) is 6.76. The number of allylic oxidation sites excluding steroid dienone is 1. The highest BCUT2D eigenvalue weighted by atomic mass is 16.2. The molecular weight excluding hydrogens is 472 g/mol. The number of carbonyl (C=O) groups is 1. The van der Waals surface area contributed by atoms with Crippen LogP contribution in [-0.4, -0.2) is 64.6 Å². The van der Waals surface area contributed by atoms with Gasteiger partial charge in [-0.15, -0.1) is 0 Å². The third kappa shape index (κ3) is 6.35. The molecule has 0 aliphatic carbocycles. The Morgan fingerprint density at radius 2 is 1.74 bits per heavy atom. The first-order chi connectivity index (χ1) is 18.4. The lowest BCUT2D eigenvalue weighted by Gasteiger charge is -2.37. The largest absolute Gasteiger partial charge is 0.351 e. The summed E-state index contributed by atoms with van der Waals surface area (Å²) >= 11 is 0. The quantitative estimate of drug-likeness (QED) is 0.376. The summed E-state index contributed by atoms with van der Waals surface area (Å²) in [6, 6.07) is 18.4. The molecule has 1 aromatic heterocycles. The van der Waals surface area contributed by atoms with Gasteiger partial charge < -0.3 is 14.7 Å². The maximum atomic E-state index is 13.5. The van der Waals surface area contributed by atoms with Gasteiger partial charge in [0.2, 0.25) is 5.91 Å². The lowest BCUT2D eigenvalue weighted by atomic mass is 10.1. The van der Waals surface area contributed by atoms with E-state index in [0.29, 0.717) is 26.2 Å². The number of piperazine rings is 1. The molecule has 0 unspecified atom stereocenters. The molecule has 0 N–H and O–H groups in total. The van der Waals surface area contributed by atoms with E-state index in [1.165, 1.54) is 5.56 Å². The van der Waals surface area contributed by atoms with Crippen molar-refractivity contribution in [3.8, 4) is 0 Å². The van der Waals surface area contributed by atoms with E-state index in [4.69, 9.17) is 0 Å². The van der Waals surface area contributed by atoms with Crippen LogP contribution in [0.5, 0.6) is 0 Å². The molecule has 1 saturated heterocycles. The number of amides is 1. The van der Waals surface area contributed by atoms with Gasteiger partial charge in [-0.1, -0.05) is 66.7 Å². The summed E-state index contributed by atoms with van der Waals surface area (Å²) < 4.78 is 0. The number of aliphatic imine (C=N–C) groups is 1. The van der Waals surface area contributed by atoms with E-state index in [0.717, 1.165) is 39.6 Å². The molecule has 0 bridgehead atoms. The lowest BCUT2D eigenvalue weighted by Crippen LogP contribution is -2.51. The molecule has 4 rings (SSSR count). The number of nitrogens with zero attached hydrogens (tertiary/aromatic N) is 6. The Morgan fingerprint density at radius 1 is 1.03 bits per heavy atom. The highest BCUT2D eigenvalue weighted by Gasteiger charge is 2.25. The fourth-order valence-electron chi connectivity index (χ4n) is 4.59. The molecular formula is C31H36N6O. The van der Waals surface area contributed by atoms with Crippen molar-refractivity contribution in [2.24, 2.45) is 4.99 Å². The number of anilines is 1. The molecule has 3 aromatic rings. The lowest BCUT2D eigenvalue weighted by molar-refractivity contribution is -0.131. The van der Waals surface area contributed by atoms with Crippen LogP contribution in [0.1, 0.15) is 36.2 Å². The van der Waals surface area contributed by atoms with E-state index in [1.54, 1.807) is 12.5 Å². The van der Waals surface area contributed by atoms with Gasteiger partial charge in [-0.3, -0.25) is 9.79 Å². The second-order valence-electron chi connectivity index (χ2n) is 9.51. The minimum atomic E-state index is 0.0701. The molecule has 1 amide bonds. The number of hydrogen-bond acceptors (Lipinski definition) is 6. The minimum Gasteiger partial charge on any atom is -0.351 e. The third-order valence-corrected chi connectivity index (χ3v) is 6.76. The molecule has 1 aliphatic heterocycles. The molecule has 196 valence electrons. The molecule has 7 heteroatoms. The fourth-order valence-corrected chi connectivity index (χ4v) is 4.59. The van der Waals surface area contributed by atoms with Crippen molar-refractivity contribution >= 4 is 34.9 Å². The van der Waals surface area contributed by atoms with E-state index in [1.807, 2.05) is 60.2 Å². The summed E-state index contributed by atoms with van der Waals surface area (Å²) in [5, 5.41) is 0. The molecule has 0 radical (unpaired) electrons. The van der Waals surface area contributed by atoms with Crippen LogP contribution in [-0.2, 0) is 4.79 Å². The van der Waals surface area contributed by atoms with Gasteiger partial charge in [0.15, 0.2) is 5.82 Å². The van der Waals surface area contributed by atoms with Crippen molar-refractivity contribution < 1.29 is 4.79 Å². The summed E-state index contributed by atoms with van der Waals surface area (Å²) in [5.41, 5.74) is 6.82. The zero-order valence-electron chi connectivity index (χ0n) is 22.8. The van der Waals surface area contributed by atoms with Crippen LogP contribution in [0, 0.1) is 13.8 Å². The van der Waals surface area contributed by atoms with Gasteiger partial charge >= 0.3 is 0 Å². The minimum absolute atomic E-state index is 0.0701. The Balaban J connectivity index is 1.50. The zero-order chi connectivity index (χ0) is 27.1. The summed E-state index contributed by atoms with van der Waals surface area (Å²) in [4.78, 5) is 32.9. The van der Waals surface area contributed by atoms with Crippen molar-refractivity contribution in [1.29, 1.82) is 0 Å². The summed E-state index contributed by atoms with van der Waals surface area (Å²) in [6.45, 7) is 15.2. The van der Waals surface area contributed by atoms with E-state index >= 15 is 0 Å². The van der Waals surface area contributed by atoms with Crippen molar-refractivity contribution in [3.63, 3.8) is 0 Å². The van der Waals surface area contributed by atoms with Crippen molar-refractivity contribution in [1.82, 2.24) is 19.8 Å². The average molecular weight is 509 g/mol. The first-order valence-corrected chi connectivity index (χ1v) is 13.0. The summed E-state index contributed by atoms with van der Waals surface area (Å²) in [5.74, 6) is 0.888. The van der Waals surface area contributed by atoms with Gasteiger partial charge in [0.05, 0.1) is 5.69 Å². The van der Waals surface area contributed by atoms with Crippen LogP contribution >= 0.6 is 0 Å². The maximum absolute atomic E-state index is 13.5. The molecule has 1 fully saturated rings. The Labute approximate surface area is 225 Å². The smallest absolute Gasteiger partial charge is 0.242 e. The molecule has 0 saturated carbocycles. The number of benzene rings is 2. The maximum Gasteiger partial charge on any atom is 0.242 e. The molecule has 0 atom stereocenters. The van der Waals surface area contributed by atoms with Crippen molar-refractivity contribution in [2.75, 3.05) is 37.6 Å². The van der Waals surface area contributed by atoms with Gasteiger partial charge in [-0.2, -0.15) is 0 Å². The first kappa shape index (κ1) is 26.8. The summed E-state index contributed by atoms with van der Waals surface area (Å²) in [7, 11) is 0. The van der Waals surface area contributed by atoms with E-state index in [-0.39, 0.29) is 12.5 Å². The van der Waals surface area contributed by atoms with Gasteiger partial charge in [-0.05, 0) is 44.4 Å². The van der Waals surface area contributed by atoms with Crippen LogP contribution in [0.2, 0.25) is 0 Å². The molecule has 2 aromatic carbocycles. The monoisotopic (exact) mass is 508 g/mol. The van der Waals surface area contributed by atoms with Crippen molar-refractivity contribution in [2.45, 2.75) is 27.7 Å². The average Bonchev–Trinajstić information content (AvgIpc) is 2.94. The topological polar surface area (TPSA) is 64.9 Å². The predicted octanol–water partition coefficient (Wildman–Crippen LogP) is 5.50. The molecule has 0 spiro atoms. The van der Waals surface area contributed by atoms with Crippen LogP contribution in [0.3, 0.4) is 0 Å². The highest BCUT2D eigenvalue weighted by molar-refractivity contribution is 5.82. The second-order valence-corrected chi connectivity index (χ2v) is 9.51. The Kier molecular flexibility index (Phi) is 8.69. The predicted molar refractivity (Wildman–Crippen MR) is 156 cm³/mol. The second kappa shape index (κ2) is 12.3. The number of carbonyl (C=O) groups excluding carboxylic acids is 1. The molecule has 7 nitrogen and oxygen atoms in total. The van der Waals surface area contributed by atoms with E-state index < -0.39 is 0 Å². The van der Waals surface area contributed by atoms with Gasteiger partial charge in [-0.25, -0.2) is 9.97 Å². The first-order valence-electron chi connectivity index (χ1n) is 13.0. The van der Waals surface area contributed by atoms with Crippen LogP contribution in [0.25, 0.3) is 11.3 Å². The van der Waals surface area contributed by atoms with Crippen LogP contribution in [0.4, 0.5) is 11.5 Å². The number of aromatic nitrogens is 2. The van der Waals surface area contributed by atoms with Crippen molar-refractivity contribution in [3.05, 3.63) is 96.1 Å². The number of hydrogen-bond donors (Lipinski definition) is 0. The fraction of sp³-hybridized carbons (Fsp3) is 0.290.